The van der Waals surface area contributed by atoms with Gasteiger partial charge in [-0.25, -0.2) is 4.79 Å². The number of methoxy groups -OCH3 is 1. The summed E-state index contributed by atoms with van der Waals surface area (Å²) in [6.07, 6.45) is 0. The zero-order valence-corrected chi connectivity index (χ0v) is 15.6. The summed E-state index contributed by atoms with van der Waals surface area (Å²) in [5, 5.41) is 10.4. The summed E-state index contributed by atoms with van der Waals surface area (Å²) in [4.78, 5) is 24.6. The number of hydrogen-bond acceptors (Lipinski definition) is 7. The van der Waals surface area contributed by atoms with E-state index >= 15 is 0 Å². The molecule has 0 saturated carbocycles. The highest BCUT2D eigenvalue weighted by Crippen LogP contribution is 2.44. The van der Waals surface area contributed by atoms with Gasteiger partial charge in [0.05, 0.1) is 24.2 Å². The Morgan fingerprint density at radius 2 is 1.93 bits per heavy atom. The fourth-order valence-corrected chi connectivity index (χ4v) is 4.27. The third-order valence-corrected chi connectivity index (χ3v) is 5.62. The first-order valence-electron chi connectivity index (χ1n) is 8.36. The number of benzene rings is 2. The third kappa shape index (κ3) is 2.71. The molecule has 1 aliphatic rings. The molecule has 2 heterocycles. The summed E-state index contributed by atoms with van der Waals surface area (Å²) < 4.78 is 11.0. The Kier molecular flexibility index (Phi) is 4.34. The van der Waals surface area contributed by atoms with Crippen LogP contribution in [0, 0.1) is 11.3 Å². The Hall–Kier alpha value is -3.63. The molecule has 4 rings (SSSR count). The molecular formula is C21H14N2O4S. The van der Waals surface area contributed by atoms with Crippen molar-refractivity contribution in [2.45, 2.75) is 5.92 Å². The second kappa shape index (κ2) is 6.83. The topological polar surface area (TPSA) is 102 Å². The summed E-state index contributed by atoms with van der Waals surface area (Å²) in [6.45, 7) is 0. The molecule has 6 nitrogen and oxygen atoms in total. The van der Waals surface area contributed by atoms with E-state index in [4.69, 9.17) is 15.2 Å². The SMILES string of the molecule is COC(=O)c1ccc([C@H]2C(C#N)=C(N)Oc3c2c(=O)sc2ccccc32)cc1. The summed E-state index contributed by atoms with van der Waals surface area (Å²) in [5.74, 6) is -0.795. The molecule has 28 heavy (non-hydrogen) atoms. The number of allylic oxidation sites excluding steroid dienone is 1. The standard InChI is InChI=1S/C21H14N2O4S/c1-26-20(24)12-8-6-11(7-9-12)16-14(10-22)19(23)27-18-13-4-2-3-5-15(13)28-21(25)17(16)18/h2-9,16H,23H2,1H3/t16-/m0/s1. The summed E-state index contributed by atoms with van der Waals surface area (Å²) in [5.41, 5.74) is 7.61. The fraction of sp³-hybridized carbons (Fsp3) is 0.0952. The first kappa shape index (κ1) is 17.8. The Bertz CT molecular complexity index is 1240. The van der Waals surface area contributed by atoms with Gasteiger partial charge in [0, 0.05) is 10.1 Å². The number of nitrogens with two attached hydrogens (primary N) is 1. The second-order valence-electron chi connectivity index (χ2n) is 6.17. The van der Waals surface area contributed by atoms with Crippen LogP contribution < -0.4 is 15.2 Å². The average molecular weight is 390 g/mol. The number of ether oxygens (including phenoxy) is 2. The lowest BCUT2D eigenvalue weighted by Crippen LogP contribution is -2.25. The van der Waals surface area contributed by atoms with Gasteiger partial charge in [-0.05, 0) is 29.8 Å². The normalized spacial score (nSPS) is 15.5. The molecule has 3 aromatic rings. The molecule has 1 aromatic heterocycles. The molecule has 0 spiro atoms. The van der Waals surface area contributed by atoms with Crippen molar-refractivity contribution in [3.8, 4) is 11.8 Å². The molecule has 1 atom stereocenters. The molecule has 7 heteroatoms. The lowest BCUT2D eigenvalue weighted by atomic mass is 9.84. The molecule has 138 valence electrons. The number of fused-ring (bicyclic) bond motifs is 3. The predicted octanol–water partition coefficient (Wildman–Crippen LogP) is 3.27. The van der Waals surface area contributed by atoms with E-state index in [-0.39, 0.29) is 16.2 Å². The van der Waals surface area contributed by atoms with Crippen LogP contribution in [0.4, 0.5) is 0 Å². The van der Waals surface area contributed by atoms with Crippen LogP contribution >= 0.6 is 11.3 Å². The van der Waals surface area contributed by atoms with Crippen LogP contribution in [0.25, 0.3) is 10.1 Å². The Morgan fingerprint density at radius 1 is 1.21 bits per heavy atom. The Balaban J connectivity index is 1.97. The molecule has 0 fully saturated rings. The number of carbonyl (C=O) groups excluding carboxylic acids is 1. The van der Waals surface area contributed by atoms with Crippen molar-refractivity contribution in [2.24, 2.45) is 5.73 Å². The van der Waals surface area contributed by atoms with Gasteiger partial charge in [0.15, 0.2) is 0 Å². The molecule has 0 saturated heterocycles. The lowest BCUT2D eigenvalue weighted by molar-refractivity contribution is 0.0600. The maximum Gasteiger partial charge on any atom is 0.337 e. The average Bonchev–Trinajstić information content (AvgIpc) is 2.72. The van der Waals surface area contributed by atoms with Gasteiger partial charge in [0.1, 0.15) is 17.4 Å². The van der Waals surface area contributed by atoms with E-state index in [9.17, 15) is 14.9 Å². The molecule has 0 bridgehead atoms. The van der Waals surface area contributed by atoms with E-state index in [1.807, 2.05) is 24.3 Å². The quantitative estimate of drug-likeness (QED) is 0.674. The molecule has 0 aliphatic carbocycles. The molecule has 2 N–H and O–H groups in total. The zero-order chi connectivity index (χ0) is 19.8. The number of carbonyl (C=O) groups is 1. The van der Waals surface area contributed by atoms with E-state index in [1.54, 1.807) is 24.3 Å². The molecule has 0 radical (unpaired) electrons. The molecule has 2 aromatic carbocycles. The molecule has 1 aliphatic heterocycles. The highest BCUT2D eigenvalue weighted by molar-refractivity contribution is 7.16. The lowest BCUT2D eigenvalue weighted by Gasteiger charge is -2.26. The van der Waals surface area contributed by atoms with Gasteiger partial charge in [-0.15, -0.1) is 0 Å². The van der Waals surface area contributed by atoms with Crippen molar-refractivity contribution < 1.29 is 14.3 Å². The zero-order valence-electron chi connectivity index (χ0n) is 14.8. The number of nitrogens with zero attached hydrogens (tertiary/aromatic N) is 1. The number of hydrogen-bond donors (Lipinski definition) is 1. The maximum atomic E-state index is 12.9. The first-order valence-corrected chi connectivity index (χ1v) is 9.18. The molecular weight excluding hydrogens is 376 g/mol. The van der Waals surface area contributed by atoms with Gasteiger partial charge < -0.3 is 15.2 Å². The minimum atomic E-state index is -0.672. The van der Waals surface area contributed by atoms with Gasteiger partial charge in [-0.2, -0.15) is 5.26 Å². The summed E-state index contributed by atoms with van der Waals surface area (Å²) in [6, 6.07) is 16.0. The van der Waals surface area contributed by atoms with Gasteiger partial charge in [0.2, 0.25) is 10.6 Å². The Morgan fingerprint density at radius 3 is 2.61 bits per heavy atom. The highest BCUT2D eigenvalue weighted by atomic mass is 32.1. The van der Waals surface area contributed by atoms with E-state index in [0.29, 0.717) is 22.4 Å². The number of esters is 1. The van der Waals surface area contributed by atoms with E-state index in [1.165, 1.54) is 7.11 Å². The smallest absolute Gasteiger partial charge is 0.337 e. The van der Waals surface area contributed by atoms with Crippen molar-refractivity contribution in [3.63, 3.8) is 0 Å². The van der Waals surface area contributed by atoms with Crippen LogP contribution in [-0.4, -0.2) is 13.1 Å². The molecule has 0 unspecified atom stereocenters. The van der Waals surface area contributed by atoms with Crippen molar-refractivity contribution in [3.05, 3.63) is 86.2 Å². The Labute approximate surface area is 164 Å². The monoisotopic (exact) mass is 390 g/mol. The number of rotatable bonds is 2. The van der Waals surface area contributed by atoms with Crippen LogP contribution in [0.5, 0.6) is 5.75 Å². The third-order valence-electron chi connectivity index (χ3n) is 4.64. The van der Waals surface area contributed by atoms with Crippen molar-refractivity contribution in [1.82, 2.24) is 0 Å². The van der Waals surface area contributed by atoms with Crippen LogP contribution in [-0.2, 0) is 4.74 Å². The minimum absolute atomic E-state index is 0.0298. The van der Waals surface area contributed by atoms with Crippen molar-refractivity contribution in [2.75, 3.05) is 7.11 Å². The maximum absolute atomic E-state index is 12.9. The van der Waals surface area contributed by atoms with E-state index in [0.717, 1.165) is 21.4 Å². The predicted molar refractivity (Wildman–Crippen MR) is 105 cm³/mol. The van der Waals surface area contributed by atoms with Crippen LogP contribution in [0.15, 0.2) is 64.8 Å². The van der Waals surface area contributed by atoms with Gasteiger partial charge in [-0.3, -0.25) is 4.79 Å². The highest BCUT2D eigenvalue weighted by Gasteiger charge is 2.34. The van der Waals surface area contributed by atoms with Crippen molar-refractivity contribution >= 4 is 27.4 Å². The first-order chi connectivity index (χ1) is 13.5. The van der Waals surface area contributed by atoms with Crippen LogP contribution in [0.3, 0.4) is 0 Å². The van der Waals surface area contributed by atoms with E-state index in [2.05, 4.69) is 6.07 Å². The number of nitriles is 1. The van der Waals surface area contributed by atoms with Gasteiger partial charge in [-0.1, -0.05) is 35.6 Å². The van der Waals surface area contributed by atoms with Gasteiger partial charge >= 0.3 is 5.97 Å². The second-order valence-corrected chi connectivity index (χ2v) is 7.18. The van der Waals surface area contributed by atoms with Gasteiger partial charge in [0.25, 0.3) is 0 Å². The summed E-state index contributed by atoms with van der Waals surface area (Å²) in [7, 11) is 1.30. The minimum Gasteiger partial charge on any atom is -0.465 e. The van der Waals surface area contributed by atoms with Crippen LogP contribution in [0.2, 0.25) is 0 Å². The van der Waals surface area contributed by atoms with Crippen LogP contribution in [0.1, 0.15) is 27.4 Å². The van der Waals surface area contributed by atoms with E-state index < -0.39 is 11.9 Å². The largest absolute Gasteiger partial charge is 0.465 e. The summed E-state index contributed by atoms with van der Waals surface area (Å²) >= 11 is 1.10. The molecule has 0 amide bonds. The van der Waals surface area contributed by atoms with Crippen molar-refractivity contribution in [1.29, 1.82) is 5.26 Å². The fourth-order valence-electron chi connectivity index (χ4n) is 3.33.